The summed E-state index contributed by atoms with van der Waals surface area (Å²) in [5.41, 5.74) is 1.25. The van der Waals surface area contributed by atoms with Gasteiger partial charge < -0.3 is 4.90 Å². The third-order valence-electron chi connectivity index (χ3n) is 3.86. The van der Waals surface area contributed by atoms with Crippen LogP contribution in [0.2, 0.25) is 5.02 Å². The lowest BCUT2D eigenvalue weighted by Crippen LogP contribution is -2.28. The number of hydrogen-bond acceptors (Lipinski definition) is 2. The van der Waals surface area contributed by atoms with E-state index >= 15 is 0 Å². The first kappa shape index (κ1) is 12.5. The first-order valence-corrected chi connectivity index (χ1v) is 7.71. The Hall–Kier alpha value is -0.570. The molecule has 18 heavy (non-hydrogen) atoms. The Kier molecular flexibility index (Phi) is 3.35. The van der Waals surface area contributed by atoms with Crippen molar-refractivity contribution < 1.29 is 0 Å². The highest BCUT2D eigenvalue weighted by atomic mass is 35.5. The smallest absolute Gasteiger partial charge is 0.0587 e. The van der Waals surface area contributed by atoms with Crippen molar-refractivity contribution in [3.8, 4) is 0 Å². The van der Waals surface area contributed by atoms with Gasteiger partial charge in [0.25, 0.3) is 0 Å². The number of aryl methyl sites for hydroxylation is 1. The molecule has 1 aromatic heterocycles. The monoisotopic (exact) mass is 279 g/mol. The van der Waals surface area contributed by atoms with E-state index in [9.17, 15) is 0 Å². The van der Waals surface area contributed by atoms with Crippen LogP contribution in [0.5, 0.6) is 0 Å². The minimum Gasteiger partial charge on any atom is -0.306 e. The summed E-state index contributed by atoms with van der Waals surface area (Å²) in [6.07, 6.45) is 2.56. The van der Waals surface area contributed by atoms with Crippen LogP contribution in [0.1, 0.15) is 29.2 Å². The molecule has 1 nitrogen and oxygen atoms in total. The lowest BCUT2D eigenvalue weighted by Gasteiger charge is -2.28. The summed E-state index contributed by atoms with van der Waals surface area (Å²) >= 11 is 8.23. The first-order chi connectivity index (χ1) is 8.63. The highest BCUT2D eigenvalue weighted by molar-refractivity contribution is 7.19. The molecule has 0 unspecified atom stereocenters. The van der Waals surface area contributed by atoms with Crippen molar-refractivity contribution >= 4 is 33.0 Å². The van der Waals surface area contributed by atoms with Gasteiger partial charge in [0, 0.05) is 4.88 Å². The van der Waals surface area contributed by atoms with Gasteiger partial charge in [-0.3, -0.25) is 0 Å². The predicted molar refractivity (Wildman–Crippen MR) is 81.0 cm³/mol. The van der Waals surface area contributed by atoms with Gasteiger partial charge in [-0.05, 0) is 68.9 Å². The fraction of sp³-hybridized carbons (Fsp3) is 0.467. The minimum absolute atomic E-state index is 0.731. The molecule has 0 aliphatic carbocycles. The molecule has 0 atom stereocenters. The molecule has 3 rings (SSSR count). The molecule has 0 saturated carbocycles. The Balaban J connectivity index is 1.96. The number of thiophene rings is 1. The van der Waals surface area contributed by atoms with Crippen molar-refractivity contribution in [2.45, 2.75) is 25.7 Å². The fourth-order valence-corrected chi connectivity index (χ4v) is 4.38. The largest absolute Gasteiger partial charge is 0.306 e. The van der Waals surface area contributed by atoms with Gasteiger partial charge in [-0.15, -0.1) is 11.3 Å². The standard InChI is InChI=1S/C15H18ClNS/c1-10-7-12-9-14(18-15(12)13(16)8-10)11-3-5-17(2)6-4-11/h7-9,11H,3-6H2,1-2H3. The number of rotatable bonds is 1. The molecule has 3 heteroatoms. The van der Waals surface area contributed by atoms with Crippen LogP contribution < -0.4 is 0 Å². The molecule has 2 aromatic rings. The molecular formula is C15H18ClNS. The van der Waals surface area contributed by atoms with Gasteiger partial charge in [0.15, 0.2) is 0 Å². The molecule has 0 N–H and O–H groups in total. The Morgan fingerprint density at radius 3 is 2.67 bits per heavy atom. The number of halogens is 1. The normalized spacial score (nSPS) is 18.6. The quantitative estimate of drug-likeness (QED) is 0.733. The SMILES string of the molecule is Cc1cc(Cl)c2sc(C3CCN(C)CC3)cc2c1. The minimum atomic E-state index is 0.731. The summed E-state index contributed by atoms with van der Waals surface area (Å²) in [5, 5.41) is 2.23. The van der Waals surface area contributed by atoms with Crippen LogP contribution in [0, 0.1) is 6.92 Å². The molecule has 1 fully saturated rings. The van der Waals surface area contributed by atoms with E-state index in [2.05, 4.69) is 37.1 Å². The van der Waals surface area contributed by atoms with Crippen molar-refractivity contribution in [2.75, 3.05) is 20.1 Å². The summed E-state index contributed by atoms with van der Waals surface area (Å²) < 4.78 is 1.26. The number of hydrogen-bond donors (Lipinski definition) is 0. The van der Waals surface area contributed by atoms with E-state index in [1.165, 1.54) is 46.5 Å². The molecule has 1 saturated heterocycles. The Bertz CT molecular complexity index is 567. The van der Waals surface area contributed by atoms with Crippen LogP contribution >= 0.6 is 22.9 Å². The van der Waals surface area contributed by atoms with Gasteiger partial charge in [-0.2, -0.15) is 0 Å². The highest BCUT2D eigenvalue weighted by Crippen LogP contribution is 2.39. The molecule has 0 amide bonds. The second-order valence-corrected chi connectivity index (χ2v) is 6.88. The number of piperidine rings is 1. The van der Waals surface area contributed by atoms with E-state index in [0.29, 0.717) is 0 Å². The Morgan fingerprint density at radius 2 is 1.94 bits per heavy atom. The van der Waals surface area contributed by atoms with E-state index in [4.69, 9.17) is 11.6 Å². The zero-order valence-electron chi connectivity index (χ0n) is 10.9. The van der Waals surface area contributed by atoms with Crippen molar-refractivity contribution in [1.29, 1.82) is 0 Å². The number of benzene rings is 1. The van der Waals surface area contributed by atoms with Gasteiger partial charge in [0.05, 0.1) is 9.72 Å². The number of likely N-dealkylation sites (tertiary alicyclic amines) is 1. The molecular weight excluding hydrogens is 262 g/mol. The summed E-state index contributed by atoms with van der Waals surface area (Å²) in [4.78, 5) is 3.94. The van der Waals surface area contributed by atoms with E-state index < -0.39 is 0 Å². The van der Waals surface area contributed by atoms with Crippen LogP contribution in [-0.4, -0.2) is 25.0 Å². The van der Waals surface area contributed by atoms with E-state index in [-0.39, 0.29) is 0 Å². The maximum Gasteiger partial charge on any atom is 0.0587 e. The molecule has 1 aliphatic heterocycles. The summed E-state index contributed by atoms with van der Waals surface area (Å²) in [7, 11) is 2.21. The third kappa shape index (κ3) is 2.29. The van der Waals surface area contributed by atoms with Crippen LogP contribution in [0.4, 0.5) is 0 Å². The first-order valence-electron chi connectivity index (χ1n) is 6.51. The van der Waals surface area contributed by atoms with Crippen molar-refractivity contribution in [1.82, 2.24) is 4.90 Å². The van der Waals surface area contributed by atoms with Crippen molar-refractivity contribution in [3.05, 3.63) is 33.7 Å². The van der Waals surface area contributed by atoms with Gasteiger partial charge in [0.1, 0.15) is 0 Å². The van der Waals surface area contributed by atoms with Gasteiger partial charge in [-0.1, -0.05) is 17.7 Å². The second-order valence-electron chi connectivity index (χ2n) is 5.39. The van der Waals surface area contributed by atoms with Crippen LogP contribution in [0.15, 0.2) is 18.2 Å². The number of nitrogens with zero attached hydrogens (tertiary/aromatic N) is 1. The average molecular weight is 280 g/mol. The molecule has 0 spiro atoms. The molecule has 1 aromatic carbocycles. The zero-order chi connectivity index (χ0) is 12.7. The molecule has 0 bridgehead atoms. The van der Waals surface area contributed by atoms with Crippen LogP contribution in [0.3, 0.4) is 0 Å². The Labute approximate surface area is 117 Å². The van der Waals surface area contributed by atoms with E-state index in [1.807, 2.05) is 11.3 Å². The van der Waals surface area contributed by atoms with E-state index in [0.717, 1.165) is 10.9 Å². The van der Waals surface area contributed by atoms with Crippen LogP contribution in [0.25, 0.3) is 10.1 Å². The summed E-state index contributed by atoms with van der Waals surface area (Å²) in [6, 6.07) is 6.67. The Morgan fingerprint density at radius 1 is 1.22 bits per heavy atom. The lowest BCUT2D eigenvalue weighted by atomic mass is 9.95. The average Bonchev–Trinajstić information content (AvgIpc) is 2.74. The molecule has 0 radical (unpaired) electrons. The third-order valence-corrected chi connectivity index (χ3v) is 5.61. The maximum atomic E-state index is 6.34. The lowest BCUT2D eigenvalue weighted by molar-refractivity contribution is 0.257. The highest BCUT2D eigenvalue weighted by Gasteiger charge is 2.20. The van der Waals surface area contributed by atoms with Gasteiger partial charge in [-0.25, -0.2) is 0 Å². The van der Waals surface area contributed by atoms with Crippen molar-refractivity contribution in [2.24, 2.45) is 0 Å². The second kappa shape index (κ2) is 4.84. The zero-order valence-corrected chi connectivity index (χ0v) is 12.4. The predicted octanol–water partition coefficient (Wildman–Crippen LogP) is 4.67. The van der Waals surface area contributed by atoms with Gasteiger partial charge in [0.2, 0.25) is 0 Å². The fourth-order valence-electron chi connectivity index (χ4n) is 2.77. The summed E-state index contributed by atoms with van der Waals surface area (Å²) in [5.74, 6) is 0.731. The number of fused-ring (bicyclic) bond motifs is 1. The molecule has 2 heterocycles. The molecule has 1 aliphatic rings. The van der Waals surface area contributed by atoms with Crippen LogP contribution in [-0.2, 0) is 0 Å². The molecule has 96 valence electrons. The summed E-state index contributed by atoms with van der Waals surface area (Å²) in [6.45, 7) is 4.54. The topological polar surface area (TPSA) is 3.24 Å². The van der Waals surface area contributed by atoms with E-state index in [1.54, 1.807) is 0 Å². The van der Waals surface area contributed by atoms with Crippen molar-refractivity contribution in [3.63, 3.8) is 0 Å². The van der Waals surface area contributed by atoms with Gasteiger partial charge >= 0.3 is 0 Å². The maximum absolute atomic E-state index is 6.34.